The number of aromatic nitrogens is 1. The Hall–Kier alpha value is -3.84. The molecular formula is C26H23NO5S. The lowest BCUT2D eigenvalue weighted by atomic mass is 10.1. The second-order valence-corrected chi connectivity index (χ2v) is 8.04. The monoisotopic (exact) mass is 461 g/mol. The van der Waals surface area contributed by atoms with Gasteiger partial charge in [-0.2, -0.15) is 0 Å². The largest absolute Gasteiger partial charge is 0.493 e. The lowest BCUT2D eigenvalue weighted by Crippen LogP contribution is -2.07. The summed E-state index contributed by atoms with van der Waals surface area (Å²) in [5.74, 6) is 1.03. The minimum absolute atomic E-state index is 0.172. The van der Waals surface area contributed by atoms with Crippen molar-refractivity contribution in [2.24, 2.45) is 0 Å². The Balaban J connectivity index is 1.75. The molecule has 0 fully saturated rings. The Morgan fingerprint density at radius 2 is 1.42 bits per heavy atom. The molecule has 0 saturated heterocycles. The summed E-state index contributed by atoms with van der Waals surface area (Å²) in [6.07, 6.45) is 0. The number of hydrogen-bond donors (Lipinski definition) is 0. The van der Waals surface area contributed by atoms with Crippen LogP contribution in [0, 0.1) is 0 Å². The van der Waals surface area contributed by atoms with Gasteiger partial charge in [-0.1, -0.05) is 60.7 Å². The average molecular weight is 462 g/mol. The third-order valence-corrected chi connectivity index (χ3v) is 6.13. The standard InChI is InChI=1S/C26H23NO5S/c1-29-20-14-19(15-21(30-2)23(20)31-3)25-27-22(24(33-25)18-12-8-5-9-13-18)26(28)32-16-17-10-6-4-7-11-17/h4-15H,16H2,1-3H3. The number of thiazole rings is 1. The number of esters is 1. The van der Waals surface area contributed by atoms with E-state index in [0.717, 1.165) is 21.6 Å². The Labute approximate surface area is 196 Å². The highest BCUT2D eigenvalue weighted by molar-refractivity contribution is 7.18. The van der Waals surface area contributed by atoms with Crippen LogP contribution in [0.25, 0.3) is 21.0 Å². The third kappa shape index (κ3) is 4.83. The molecule has 7 heteroatoms. The first-order valence-electron chi connectivity index (χ1n) is 10.2. The number of carbonyl (C=O) groups is 1. The van der Waals surface area contributed by atoms with Crippen molar-refractivity contribution in [1.29, 1.82) is 0 Å². The number of rotatable bonds is 8. The number of benzene rings is 3. The van der Waals surface area contributed by atoms with Crippen LogP contribution in [0.2, 0.25) is 0 Å². The molecule has 0 unspecified atom stereocenters. The first-order chi connectivity index (χ1) is 16.1. The van der Waals surface area contributed by atoms with E-state index in [-0.39, 0.29) is 12.3 Å². The van der Waals surface area contributed by atoms with Gasteiger partial charge in [-0.05, 0) is 23.3 Å². The molecule has 0 N–H and O–H groups in total. The predicted molar refractivity (Wildman–Crippen MR) is 128 cm³/mol. The molecule has 0 amide bonds. The Kier molecular flexibility index (Phi) is 6.90. The molecule has 168 valence electrons. The highest BCUT2D eigenvalue weighted by Crippen LogP contribution is 2.43. The molecule has 6 nitrogen and oxygen atoms in total. The van der Waals surface area contributed by atoms with Crippen molar-refractivity contribution in [1.82, 2.24) is 4.98 Å². The molecule has 0 aliphatic heterocycles. The van der Waals surface area contributed by atoms with E-state index in [1.807, 2.05) is 72.8 Å². The van der Waals surface area contributed by atoms with Crippen molar-refractivity contribution in [3.05, 3.63) is 84.1 Å². The van der Waals surface area contributed by atoms with Gasteiger partial charge >= 0.3 is 5.97 Å². The van der Waals surface area contributed by atoms with E-state index in [2.05, 4.69) is 4.98 Å². The lowest BCUT2D eigenvalue weighted by Gasteiger charge is -2.13. The van der Waals surface area contributed by atoms with E-state index in [1.165, 1.54) is 11.3 Å². The van der Waals surface area contributed by atoms with Gasteiger partial charge < -0.3 is 18.9 Å². The van der Waals surface area contributed by atoms with Gasteiger partial charge in [0.05, 0.1) is 26.2 Å². The molecule has 0 radical (unpaired) electrons. The van der Waals surface area contributed by atoms with E-state index in [1.54, 1.807) is 21.3 Å². The average Bonchev–Trinajstić information content (AvgIpc) is 3.33. The fourth-order valence-corrected chi connectivity index (χ4v) is 4.41. The van der Waals surface area contributed by atoms with E-state index >= 15 is 0 Å². The zero-order chi connectivity index (χ0) is 23.2. The maximum atomic E-state index is 13.1. The number of carbonyl (C=O) groups excluding carboxylic acids is 1. The minimum atomic E-state index is -0.479. The normalized spacial score (nSPS) is 10.5. The van der Waals surface area contributed by atoms with Gasteiger partial charge in [0.25, 0.3) is 0 Å². The number of methoxy groups -OCH3 is 3. The first kappa shape index (κ1) is 22.4. The van der Waals surface area contributed by atoms with Crippen LogP contribution in [0.1, 0.15) is 16.1 Å². The second kappa shape index (κ2) is 10.2. The molecule has 1 aromatic heterocycles. The fourth-order valence-electron chi connectivity index (χ4n) is 3.36. The van der Waals surface area contributed by atoms with E-state index < -0.39 is 5.97 Å². The molecule has 0 atom stereocenters. The van der Waals surface area contributed by atoms with Crippen molar-refractivity contribution >= 4 is 17.3 Å². The van der Waals surface area contributed by atoms with Gasteiger partial charge in [0.15, 0.2) is 17.2 Å². The maximum Gasteiger partial charge on any atom is 0.358 e. The highest BCUT2D eigenvalue weighted by atomic mass is 32.1. The SMILES string of the molecule is COc1cc(-c2nc(C(=O)OCc3ccccc3)c(-c3ccccc3)s2)cc(OC)c1OC. The zero-order valence-corrected chi connectivity index (χ0v) is 19.3. The number of hydrogen-bond acceptors (Lipinski definition) is 7. The van der Waals surface area contributed by atoms with Crippen LogP contribution in [-0.2, 0) is 11.3 Å². The summed E-state index contributed by atoms with van der Waals surface area (Å²) in [5, 5.41) is 0.639. The van der Waals surface area contributed by atoms with Gasteiger partial charge in [-0.15, -0.1) is 11.3 Å². The van der Waals surface area contributed by atoms with E-state index in [0.29, 0.717) is 22.3 Å². The topological polar surface area (TPSA) is 66.9 Å². The van der Waals surface area contributed by atoms with Crippen molar-refractivity contribution in [3.63, 3.8) is 0 Å². The first-order valence-corrected chi connectivity index (χ1v) is 11.0. The Morgan fingerprint density at radius 3 is 2.00 bits per heavy atom. The van der Waals surface area contributed by atoms with E-state index in [9.17, 15) is 4.79 Å². The van der Waals surface area contributed by atoms with Gasteiger partial charge in [0, 0.05) is 5.56 Å². The van der Waals surface area contributed by atoms with Crippen LogP contribution < -0.4 is 14.2 Å². The minimum Gasteiger partial charge on any atom is -0.493 e. The molecule has 1 heterocycles. The summed E-state index contributed by atoms with van der Waals surface area (Å²) >= 11 is 1.40. The van der Waals surface area contributed by atoms with Crippen LogP contribution in [0.5, 0.6) is 17.2 Å². The summed E-state index contributed by atoms with van der Waals surface area (Å²) in [7, 11) is 4.67. The van der Waals surface area contributed by atoms with Crippen LogP contribution in [0.3, 0.4) is 0 Å². The summed E-state index contributed by atoms with van der Waals surface area (Å²) in [6.45, 7) is 0.172. The van der Waals surface area contributed by atoms with Crippen molar-refractivity contribution in [2.45, 2.75) is 6.61 Å². The summed E-state index contributed by atoms with van der Waals surface area (Å²) in [4.78, 5) is 18.5. The van der Waals surface area contributed by atoms with Crippen molar-refractivity contribution in [2.75, 3.05) is 21.3 Å². The smallest absolute Gasteiger partial charge is 0.358 e. The van der Waals surface area contributed by atoms with Crippen LogP contribution >= 0.6 is 11.3 Å². The Morgan fingerprint density at radius 1 is 0.818 bits per heavy atom. The van der Waals surface area contributed by atoms with Gasteiger partial charge in [-0.25, -0.2) is 9.78 Å². The molecule has 33 heavy (non-hydrogen) atoms. The van der Waals surface area contributed by atoms with E-state index in [4.69, 9.17) is 18.9 Å². The molecule has 0 saturated carbocycles. The molecule has 4 aromatic rings. The van der Waals surface area contributed by atoms with Crippen molar-refractivity contribution in [3.8, 4) is 38.3 Å². The van der Waals surface area contributed by atoms with Crippen LogP contribution in [-0.4, -0.2) is 32.3 Å². The molecule has 0 spiro atoms. The Bertz CT molecular complexity index is 1210. The molecular weight excluding hydrogens is 438 g/mol. The van der Waals surface area contributed by atoms with Crippen LogP contribution in [0.15, 0.2) is 72.8 Å². The second-order valence-electron chi connectivity index (χ2n) is 7.04. The quantitative estimate of drug-likeness (QED) is 0.306. The number of nitrogens with zero attached hydrogens (tertiary/aromatic N) is 1. The molecule has 0 aliphatic rings. The molecule has 4 rings (SSSR count). The molecule has 3 aromatic carbocycles. The zero-order valence-electron chi connectivity index (χ0n) is 18.5. The molecule has 0 bridgehead atoms. The van der Waals surface area contributed by atoms with Crippen molar-refractivity contribution < 1.29 is 23.7 Å². The third-order valence-electron chi connectivity index (χ3n) is 4.98. The van der Waals surface area contributed by atoms with Gasteiger partial charge in [-0.3, -0.25) is 0 Å². The molecule has 0 aliphatic carbocycles. The maximum absolute atomic E-state index is 13.1. The highest BCUT2D eigenvalue weighted by Gasteiger charge is 2.23. The van der Waals surface area contributed by atoms with Gasteiger partial charge in [0.1, 0.15) is 11.6 Å². The summed E-state index contributed by atoms with van der Waals surface area (Å²) in [6, 6.07) is 22.8. The summed E-state index contributed by atoms with van der Waals surface area (Å²) < 4.78 is 22.0. The van der Waals surface area contributed by atoms with Crippen LogP contribution in [0.4, 0.5) is 0 Å². The number of ether oxygens (including phenoxy) is 4. The lowest BCUT2D eigenvalue weighted by molar-refractivity contribution is 0.0467. The summed E-state index contributed by atoms with van der Waals surface area (Å²) in [5.41, 5.74) is 2.81. The predicted octanol–water partition coefficient (Wildman–Crippen LogP) is 5.86. The van der Waals surface area contributed by atoms with Gasteiger partial charge in [0.2, 0.25) is 5.75 Å². The fraction of sp³-hybridized carbons (Fsp3) is 0.154.